The number of hydrogen-bond acceptors (Lipinski definition) is 2. The molecule has 0 aliphatic carbocycles. The lowest BCUT2D eigenvalue weighted by atomic mass is 9.78. The van der Waals surface area contributed by atoms with Gasteiger partial charge in [-0.15, -0.1) is 0 Å². The fraction of sp³-hybridized carbons (Fsp3) is 0.900. The van der Waals surface area contributed by atoms with Crippen molar-refractivity contribution in [3.05, 3.63) is 0 Å². The molecule has 0 aromatic rings. The zero-order valence-corrected chi connectivity index (χ0v) is 9.44. The van der Waals surface area contributed by atoms with Gasteiger partial charge >= 0.3 is 0 Å². The third-order valence-electron chi connectivity index (χ3n) is 3.31. The SMILES string of the molecule is CCC1(C)CCN(C(=O)CS)CC1. The zero-order valence-electron chi connectivity index (χ0n) is 8.55. The monoisotopic (exact) mass is 201 g/mol. The quantitative estimate of drug-likeness (QED) is 0.677. The van der Waals surface area contributed by atoms with Crippen molar-refractivity contribution in [1.82, 2.24) is 4.90 Å². The van der Waals surface area contributed by atoms with E-state index in [0.29, 0.717) is 11.2 Å². The summed E-state index contributed by atoms with van der Waals surface area (Å²) >= 11 is 4.00. The first-order valence-electron chi connectivity index (χ1n) is 5.00. The van der Waals surface area contributed by atoms with E-state index in [4.69, 9.17) is 0 Å². The van der Waals surface area contributed by atoms with Gasteiger partial charge in [0.2, 0.25) is 5.91 Å². The highest BCUT2D eigenvalue weighted by Gasteiger charge is 2.29. The maximum atomic E-state index is 11.3. The third-order valence-corrected chi connectivity index (χ3v) is 3.58. The average molecular weight is 201 g/mol. The number of carbonyl (C=O) groups is 1. The Balaban J connectivity index is 2.43. The molecule has 0 N–H and O–H groups in total. The molecule has 0 atom stereocenters. The number of amides is 1. The van der Waals surface area contributed by atoms with Crippen LogP contribution in [0.2, 0.25) is 0 Å². The van der Waals surface area contributed by atoms with Crippen molar-refractivity contribution in [1.29, 1.82) is 0 Å². The van der Waals surface area contributed by atoms with Crippen LogP contribution in [-0.4, -0.2) is 29.6 Å². The van der Waals surface area contributed by atoms with E-state index in [2.05, 4.69) is 26.5 Å². The lowest BCUT2D eigenvalue weighted by Crippen LogP contribution is -2.42. The average Bonchev–Trinajstić information content (AvgIpc) is 2.18. The number of nitrogens with zero attached hydrogens (tertiary/aromatic N) is 1. The van der Waals surface area contributed by atoms with Crippen LogP contribution in [0.4, 0.5) is 0 Å². The van der Waals surface area contributed by atoms with E-state index >= 15 is 0 Å². The molecule has 1 aliphatic heterocycles. The lowest BCUT2D eigenvalue weighted by Gasteiger charge is -2.38. The minimum atomic E-state index is 0.182. The van der Waals surface area contributed by atoms with Crippen LogP contribution in [0.5, 0.6) is 0 Å². The largest absolute Gasteiger partial charge is 0.342 e. The van der Waals surface area contributed by atoms with Gasteiger partial charge in [0.25, 0.3) is 0 Å². The fourth-order valence-corrected chi connectivity index (χ4v) is 1.95. The van der Waals surface area contributed by atoms with Gasteiger partial charge in [-0.3, -0.25) is 4.79 Å². The predicted molar refractivity (Wildman–Crippen MR) is 58.1 cm³/mol. The Morgan fingerprint density at radius 1 is 1.46 bits per heavy atom. The highest BCUT2D eigenvalue weighted by atomic mass is 32.1. The Kier molecular flexibility index (Phi) is 3.65. The summed E-state index contributed by atoms with van der Waals surface area (Å²) in [7, 11) is 0. The van der Waals surface area contributed by atoms with Crippen LogP contribution in [0.3, 0.4) is 0 Å². The Bertz CT molecular complexity index is 185. The Hall–Kier alpha value is -0.180. The second kappa shape index (κ2) is 4.36. The van der Waals surface area contributed by atoms with Gasteiger partial charge in [-0.05, 0) is 18.3 Å². The second-order valence-corrected chi connectivity index (χ2v) is 4.52. The fourth-order valence-electron chi connectivity index (χ4n) is 1.75. The number of rotatable bonds is 2. The van der Waals surface area contributed by atoms with Crippen molar-refractivity contribution in [2.75, 3.05) is 18.8 Å². The highest BCUT2D eigenvalue weighted by molar-refractivity contribution is 7.81. The highest BCUT2D eigenvalue weighted by Crippen LogP contribution is 2.33. The van der Waals surface area contributed by atoms with Gasteiger partial charge in [-0.2, -0.15) is 12.6 Å². The smallest absolute Gasteiger partial charge is 0.232 e. The topological polar surface area (TPSA) is 20.3 Å². The number of likely N-dealkylation sites (tertiary alicyclic amines) is 1. The summed E-state index contributed by atoms with van der Waals surface area (Å²) in [6, 6.07) is 0. The van der Waals surface area contributed by atoms with Gasteiger partial charge in [0.05, 0.1) is 5.75 Å². The number of piperidine rings is 1. The Morgan fingerprint density at radius 3 is 2.38 bits per heavy atom. The molecule has 1 aliphatic rings. The van der Waals surface area contributed by atoms with E-state index in [1.807, 2.05) is 4.90 Å². The van der Waals surface area contributed by atoms with Crippen molar-refractivity contribution in [2.45, 2.75) is 33.1 Å². The number of carbonyl (C=O) groups excluding carboxylic acids is 1. The van der Waals surface area contributed by atoms with Gasteiger partial charge in [-0.25, -0.2) is 0 Å². The summed E-state index contributed by atoms with van der Waals surface area (Å²) in [4.78, 5) is 13.3. The Morgan fingerprint density at radius 2 is 2.00 bits per heavy atom. The van der Waals surface area contributed by atoms with E-state index in [1.165, 1.54) is 6.42 Å². The van der Waals surface area contributed by atoms with Gasteiger partial charge in [-0.1, -0.05) is 20.3 Å². The van der Waals surface area contributed by atoms with Crippen LogP contribution in [0.25, 0.3) is 0 Å². The molecule has 13 heavy (non-hydrogen) atoms. The second-order valence-electron chi connectivity index (χ2n) is 4.20. The molecule has 1 saturated heterocycles. The lowest BCUT2D eigenvalue weighted by molar-refractivity contribution is -0.130. The summed E-state index contributed by atoms with van der Waals surface area (Å²) in [5, 5.41) is 0. The summed E-state index contributed by atoms with van der Waals surface area (Å²) < 4.78 is 0. The molecule has 1 rings (SSSR count). The standard InChI is InChI=1S/C10H19NOS/c1-3-10(2)4-6-11(7-5-10)9(12)8-13/h13H,3-8H2,1-2H3. The van der Waals surface area contributed by atoms with E-state index in [9.17, 15) is 4.79 Å². The van der Waals surface area contributed by atoms with Crippen molar-refractivity contribution in [3.8, 4) is 0 Å². The van der Waals surface area contributed by atoms with Crippen molar-refractivity contribution in [2.24, 2.45) is 5.41 Å². The molecular formula is C10H19NOS. The normalized spacial score (nSPS) is 21.6. The molecule has 2 nitrogen and oxygen atoms in total. The van der Waals surface area contributed by atoms with E-state index < -0.39 is 0 Å². The van der Waals surface area contributed by atoms with Crippen LogP contribution in [0.15, 0.2) is 0 Å². The zero-order chi connectivity index (χ0) is 9.90. The molecule has 0 unspecified atom stereocenters. The van der Waals surface area contributed by atoms with Crippen LogP contribution in [0, 0.1) is 5.41 Å². The van der Waals surface area contributed by atoms with Crippen LogP contribution < -0.4 is 0 Å². The van der Waals surface area contributed by atoms with E-state index in [0.717, 1.165) is 25.9 Å². The molecule has 76 valence electrons. The summed E-state index contributed by atoms with van der Waals surface area (Å²) in [5.74, 6) is 0.532. The first kappa shape index (κ1) is 10.9. The van der Waals surface area contributed by atoms with Crippen LogP contribution >= 0.6 is 12.6 Å². The molecular weight excluding hydrogens is 182 g/mol. The molecule has 1 amide bonds. The molecule has 0 aromatic heterocycles. The van der Waals surface area contributed by atoms with Gasteiger partial charge < -0.3 is 4.90 Å². The van der Waals surface area contributed by atoms with Gasteiger partial charge in [0, 0.05) is 13.1 Å². The van der Waals surface area contributed by atoms with Crippen LogP contribution in [0.1, 0.15) is 33.1 Å². The molecule has 0 saturated carbocycles. The molecule has 0 aromatic carbocycles. The van der Waals surface area contributed by atoms with E-state index in [-0.39, 0.29) is 5.91 Å². The van der Waals surface area contributed by atoms with Crippen molar-refractivity contribution < 1.29 is 4.79 Å². The molecule has 0 spiro atoms. The third kappa shape index (κ3) is 2.63. The summed E-state index contributed by atoms with van der Waals surface area (Å²) in [6.45, 7) is 6.39. The molecule has 1 heterocycles. The summed E-state index contributed by atoms with van der Waals surface area (Å²) in [6.07, 6.45) is 3.50. The first-order chi connectivity index (χ1) is 6.11. The first-order valence-corrected chi connectivity index (χ1v) is 5.63. The van der Waals surface area contributed by atoms with Crippen LogP contribution in [-0.2, 0) is 4.79 Å². The van der Waals surface area contributed by atoms with E-state index in [1.54, 1.807) is 0 Å². The summed E-state index contributed by atoms with van der Waals surface area (Å²) in [5.41, 5.74) is 0.466. The molecule has 0 radical (unpaired) electrons. The van der Waals surface area contributed by atoms with Gasteiger partial charge in [0.1, 0.15) is 0 Å². The minimum absolute atomic E-state index is 0.182. The molecule has 1 fully saturated rings. The molecule has 3 heteroatoms. The molecule has 0 bridgehead atoms. The maximum absolute atomic E-state index is 11.3. The van der Waals surface area contributed by atoms with Crippen molar-refractivity contribution in [3.63, 3.8) is 0 Å². The number of thiol groups is 1. The van der Waals surface area contributed by atoms with Gasteiger partial charge in [0.15, 0.2) is 0 Å². The predicted octanol–water partition coefficient (Wildman–Crippen LogP) is 1.95. The minimum Gasteiger partial charge on any atom is -0.342 e. The number of hydrogen-bond donors (Lipinski definition) is 1. The van der Waals surface area contributed by atoms with Crippen molar-refractivity contribution >= 4 is 18.5 Å². The Labute approximate surface area is 86.1 Å². The maximum Gasteiger partial charge on any atom is 0.232 e.